The second-order valence-corrected chi connectivity index (χ2v) is 5.76. The number of carbonyl (C=O) groups is 2. The first kappa shape index (κ1) is 18.9. The molecule has 0 heterocycles. The minimum absolute atomic E-state index is 0.111. The van der Waals surface area contributed by atoms with Gasteiger partial charge >= 0.3 is 0 Å². The van der Waals surface area contributed by atoms with Crippen LogP contribution in [0.4, 0.5) is 0 Å². The summed E-state index contributed by atoms with van der Waals surface area (Å²) in [6, 6.07) is 7.20. The van der Waals surface area contributed by atoms with Crippen molar-refractivity contribution in [1.82, 2.24) is 10.6 Å². The van der Waals surface area contributed by atoms with E-state index in [9.17, 15) is 30.0 Å². The lowest BCUT2D eigenvalue weighted by Crippen LogP contribution is -2.45. The van der Waals surface area contributed by atoms with Crippen LogP contribution in [0.25, 0.3) is 0 Å². The number of amides is 2. The zero-order chi connectivity index (χ0) is 19.3. The molecule has 0 saturated carbocycles. The van der Waals surface area contributed by atoms with Gasteiger partial charge in [0.25, 0.3) is 5.91 Å². The first-order valence-electron chi connectivity index (χ1n) is 7.89. The molecule has 138 valence electrons. The van der Waals surface area contributed by atoms with Gasteiger partial charge in [-0.3, -0.25) is 9.59 Å². The van der Waals surface area contributed by atoms with Gasteiger partial charge in [-0.15, -0.1) is 0 Å². The summed E-state index contributed by atoms with van der Waals surface area (Å²) in [5.74, 6) is -2.17. The van der Waals surface area contributed by atoms with Crippen molar-refractivity contribution in [2.24, 2.45) is 0 Å². The van der Waals surface area contributed by atoms with Crippen LogP contribution >= 0.6 is 0 Å². The molecule has 2 rings (SSSR count). The fourth-order valence-electron chi connectivity index (χ4n) is 2.22. The summed E-state index contributed by atoms with van der Waals surface area (Å²) in [4.78, 5) is 24.1. The highest BCUT2D eigenvalue weighted by atomic mass is 16.3. The van der Waals surface area contributed by atoms with Gasteiger partial charge in [-0.1, -0.05) is 6.07 Å². The molecule has 0 aliphatic rings. The molecular weight excluding hydrogens is 340 g/mol. The van der Waals surface area contributed by atoms with E-state index >= 15 is 0 Å². The van der Waals surface area contributed by atoms with Crippen molar-refractivity contribution in [3.63, 3.8) is 0 Å². The molecule has 8 nitrogen and oxygen atoms in total. The minimum Gasteiger partial charge on any atom is -0.504 e. The molecule has 0 radical (unpaired) electrons. The molecule has 0 saturated heterocycles. The molecule has 6 N–H and O–H groups in total. The van der Waals surface area contributed by atoms with Crippen molar-refractivity contribution in [2.45, 2.75) is 19.4 Å². The average Bonchev–Trinajstić information content (AvgIpc) is 2.60. The Kier molecular flexibility index (Phi) is 5.90. The highest BCUT2D eigenvalue weighted by molar-refractivity contribution is 5.97. The van der Waals surface area contributed by atoms with Crippen LogP contribution in [0, 0.1) is 0 Å². The summed E-state index contributed by atoms with van der Waals surface area (Å²) >= 11 is 0. The van der Waals surface area contributed by atoms with Crippen molar-refractivity contribution >= 4 is 11.8 Å². The van der Waals surface area contributed by atoms with E-state index in [0.717, 1.165) is 11.6 Å². The van der Waals surface area contributed by atoms with Crippen molar-refractivity contribution in [3.8, 4) is 23.0 Å². The van der Waals surface area contributed by atoms with Crippen molar-refractivity contribution < 1.29 is 30.0 Å². The lowest BCUT2D eigenvalue weighted by Gasteiger charge is -2.14. The number of nitrogens with one attached hydrogen (secondary N) is 2. The third-order valence-electron chi connectivity index (χ3n) is 3.73. The fourth-order valence-corrected chi connectivity index (χ4v) is 2.22. The number of hydrogen-bond acceptors (Lipinski definition) is 6. The monoisotopic (exact) mass is 360 g/mol. The minimum atomic E-state index is -0.813. The Morgan fingerprint density at radius 2 is 1.54 bits per heavy atom. The van der Waals surface area contributed by atoms with E-state index in [1.807, 2.05) is 0 Å². The lowest BCUT2D eigenvalue weighted by molar-refractivity contribution is -0.122. The van der Waals surface area contributed by atoms with Gasteiger partial charge in [0.15, 0.2) is 23.0 Å². The summed E-state index contributed by atoms with van der Waals surface area (Å²) in [5, 5.41) is 42.5. The maximum atomic E-state index is 12.1. The van der Waals surface area contributed by atoms with Gasteiger partial charge < -0.3 is 31.1 Å². The van der Waals surface area contributed by atoms with Crippen LogP contribution in [0.1, 0.15) is 22.8 Å². The molecule has 0 fully saturated rings. The number of benzene rings is 2. The van der Waals surface area contributed by atoms with E-state index in [4.69, 9.17) is 0 Å². The highest BCUT2D eigenvalue weighted by Gasteiger charge is 2.17. The largest absolute Gasteiger partial charge is 0.504 e. The lowest BCUT2D eigenvalue weighted by atomic mass is 10.1. The molecule has 0 aromatic heterocycles. The van der Waals surface area contributed by atoms with E-state index in [0.29, 0.717) is 6.42 Å². The average molecular weight is 360 g/mol. The number of phenolic OH excluding ortho intramolecular Hbond substituents is 4. The van der Waals surface area contributed by atoms with Crippen LogP contribution < -0.4 is 10.6 Å². The van der Waals surface area contributed by atoms with E-state index in [1.165, 1.54) is 31.2 Å². The second kappa shape index (κ2) is 8.11. The second-order valence-electron chi connectivity index (χ2n) is 5.76. The Labute approximate surface area is 149 Å². The van der Waals surface area contributed by atoms with Crippen LogP contribution in [0.15, 0.2) is 36.4 Å². The first-order valence-corrected chi connectivity index (χ1v) is 7.89. The zero-order valence-corrected chi connectivity index (χ0v) is 14.1. The molecule has 8 heteroatoms. The van der Waals surface area contributed by atoms with E-state index < -0.39 is 23.6 Å². The van der Waals surface area contributed by atoms with Gasteiger partial charge in [-0.2, -0.15) is 0 Å². The van der Waals surface area contributed by atoms with Crippen molar-refractivity contribution in [3.05, 3.63) is 47.5 Å². The Hall–Kier alpha value is -3.42. The molecule has 26 heavy (non-hydrogen) atoms. The molecule has 2 aromatic carbocycles. The molecule has 1 unspecified atom stereocenters. The number of hydrogen-bond donors (Lipinski definition) is 6. The number of rotatable bonds is 6. The predicted molar refractivity (Wildman–Crippen MR) is 93.2 cm³/mol. The van der Waals surface area contributed by atoms with Gasteiger partial charge in [-0.25, -0.2) is 0 Å². The van der Waals surface area contributed by atoms with Crippen LogP contribution in [0.5, 0.6) is 23.0 Å². The molecule has 0 aliphatic heterocycles. The summed E-state index contributed by atoms with van der Waals surface area (Å²) < 4.78 is 0. The van der Waals surface area contributed by atoms with Crippen LogP contribution in [-0.4, -0.2) is 44.8 Å². The standard InChI is InChI=1S/C18H20N2O6/c1-10(20-18(26)12-3-5-14(22)16(24)9-12)17(25)19-7-6-11-2-4-13(21)15(23)8-11/h2-5,8-10,21-24H,6-7H2,1H3,(H,19,25)(H,20,26). The molecule has 0 spiro atoms. The highest BCUT2D eigenvalue weighted by Crippen LogP contribution is 2.25. The third-order valence-corrected chi connectivity index (χ3v) is 3.73. The van der Waals surface area contributed by atoms with Crippen molar-refractivity contribution in [1.29, 1.82) is 0 Å². The van der Waals surface area contributed by atoms with Crippen LogP contribution in [0.2, 0.25) is 0 Å². The van der Waals surface area contributed by atoms with E-state index in [2.05, 4.69) is 10.6 Å². The third kappa shape index (κ3) is 4.79. The van der Waals surface area contributed by atoms with Gasteiger partial charge in [0.2, 0.25) is 5.91 Å². The van der Waals surface area contributed by atoms with Gasteiger partial charge in [0.05, 0.1) is 0 Å². The maximum Gasteiger partial charge on any atom is 0.252 e. The van der Waals surface area contributed by atoms with Crippen molar-refractivity contribution in [2.75, 3.05) is 6.54 Å². The van der Waals surface area contributed by atoms with Gasteiger partial charge in [0.1, 0.15) is 6.04 Å². The number of aromatic hydroxyl groups is 4. The quantitative estimate of drug-likeness (QED) is 0.425. The molecule has 0 aliphatic carbocycles. The topological polar surface area (TPSA) is 139 Å². The Morgan fingerprint density at radius 1 is 0.923 bits per heavy atom. The number of phenols is 4. The summed E-state index contributed by atoms with van der Waals surface area (Å²) in [6.45, 7) is 1.79. The molecular formula is C18H20N2O6. The Balaban J connectivity index is 1.83. The summed E-state index contributed by atoms with van der Waals surface area (Å²) in [7, 11) is 0. The molecule has 2 amide bonds. The molecule has 0 bridgehead atoms. The van der Waals surface area contributed by atoms with Gasteiger partial charge in [-0.05, 0) is 49.2 Å². The smallest absolute Gasteiger partial charge is 0.252 e. The summed E-state index contributed by atoms with van der Waals surface area (Å²) in [5.41, 5.74) is 0.844. The van der Waals surface area contributed by atoms with Gasteiger partial charge in [0, 0.05) is 12.1 Å². The first-order chi connectivity index (χ1) is 12.3. The maximum absolute atomic E-state index is 12.1. The SMILES string of the molecule is CC(NC(=O)c1ccc(O)c(O)c1)C(=O)NCCc1ccc(O)c(O)c1. The predicted octanol–water partition coefficient (Wildman–Crippen LogP) is 0.986. The van der Waals surface area contributed by atoms with E-state index in [1.54, 1.807) is 6.07 Å². The van der Waals surface area contributed by atoms with Crippen LogP contribution in [-0.2, 0) is 11.2 Å². The van der Waals surface area contributed by atoms with Crippen LogP contribution in [0.3, 0.4) is 0 Å². The normalized spacial score (nSPS) is 11.6. The summed E-state index contributed by atoms with van der Waals surface area (Å²) in [6.07, 6.45) is 0.437. The zero-order valence-electron chi connectivity index (χ0n) is 14.1. The Bertz CT molecular complexity index is 821. The Morgan fingerprint density at radius 3 is 2.15 bits per heavy atom. The molecule has 1 atom stereocenters. The molecule has 2 aromatic rings. The number of carbonyl (C=O) groups excluding carboxylic acids is 2. The fraction of sp³-hybridized carbons (Fsp3) is 0.222. The van der Waals surface area contributed by atoms with E-state index in [-0.39, 0.29) is 29.4 Å².